The smallest absolute Gasteiger partial charge is 0.0948 e. The van der Waals surface area contributed by atoms with E-state index < -0.39 is 0 Å². The molecule has 1 aliphatic rings. The van der Waals surface area contributed by atoms with Crippen molar-refractivity contribution in [3.05, 3.63) is 64.1 Å². The molecular weight excluding hydrogens is 300 g/mol. The zero-order valence-electron chi connectivity index (χ0n) is 11.5. The monoisotopic (exact) mass is 314 g/mol. The van der Waals surface area contributed by atoms with Crippen molar-refractivity contribution in [1.82, 2.24) is 10.3 Å². The van der Waals surface area contributed by atoms with Gasteiger partial charge in [0.05, 0.1) is 15.2 Å². The molecule has 21 heavy (non-hydrogen) atoms. The molecule has 0 unspecified atom stereocenters. The van der Waals surface area contributed by atoms with E-state index in [1.54, 1.807) is 11.3 Å². The SMILES string of the molecule is Clc1ccc(C2(Cc3nc4ccccc4s3)CNC2)cc1. The van der Waals surface area contributed by atoms with Crippen LogP contribution in [-0.4, -0.2) is 18.1 Å². The standard InChI is InChI=1S/C17H15ClN2S/c18-13-7-5-12(6-8-13)17(10-19-11-17)9-16-20-14-3-1-2-4-15(14)21-16/h1-8,19H,9-11H2. The Morgan fingerprint density at radius 3 is 2.52 bits per heavy atom. The van der Waals surface area contributed by atoms with Crippen LogP contribution >= 0.6 is 22.9 Å². The second kappa shape index (κ2) is 5.09. The van der Waals surface area contributed by atoms with E-state index in [1.807, 2.05) is 18.2 Å². The highest BCUT2D eigenvalue weighted by Crippen LogP contribution is 2.35. The third kappa shape index (κ3) is 2.35. The lowest BCUT2D eigenvalue weighted by atomic mass is 9.73. The molecule has 106 valence electrons. The van der Waals surface area contributed by atoms with E-state index >= 15 is 0 Å². The van der Waals surface area contributed by atoms with Crippen LogP contribution < -0.4 is 5.32 Å². The molecule has 2 aromatic carbocycles. The van der Waals surface area contributed by atoms with E-state index in [2.05, 4.69) is 35.6 Å². The van der Waals surface area contributed by atoms with Gasteiger partial charge in [-0.1, -0.05) is 35.9 Å². The van der Waals surface area contributed by atoms with Crippen LogP contribution in [0, 0.1) is 0 Å². The second-order valence-corrected chi connectivity index (χ2v) is 7.19. The number of aromatic nitrogens is 1. The Bertz CT molecular complexity index is 742. The molecule has 1 fully saturated rings. The van der Waals surface area contributed by atoms with Gasteiger partial charge in [0.2, 0.25) is 0 Å². The van der Waals surface area contributed by atoms with Crippen LogP contribution in [-0.2, 0) is 11.8 Å². The van der Waals surface area contributed by atoms with Crippen molar-refractivity contribution < 1.29 is 0 Å². The number of hydrogen-bond donors (Lipinski definition) is 1. The summed E-state index contributed by atoms with van der Waals surface area (Å²) in [4.78, 5) is 4.79. The van der Waals surface area contributed by atoms with Crippen LogP contribution in [0.3, 0.4) is 0 Å². The number of nitrogens with zero attached hydrogens (tertiary/aromatic N) is 1. The van der Waals surface area contributed by atoms with Gasteiger partial charge in [-0.15, -0.1) is 11.3 Å². The Hall–Kier alpha value is -1.42. The molecule has 3 aromatic rings. The van der Waals surface area contributed by atoms with Crippen LogP contribution in [0.25, 0.3) is 10.2 Å². The summed E-state index contributed by atoms with van der Waals surface area (Å²) in [6.07, 6.45) is 0.987. The number of fused-ring (bicyclic) bond motifs is 1. The van der Waals surface area contributed by atoms with E-state index in [-0.39, 0.29) is 5.41 Å². The van der Waals surface area contributed by atoms with E-state index in [1.165, 1.54) is 15.3 Å². The summed E-state index contributed by atoms with van der Waals surface area (Å²) in [6, 6.07) is 16.6. The first kappa shape index (κ1) is 13.3. The van der Waals surface area contributed by atoms with Crippen LogP contribution in [0.5, 0.6) is 0 Å². The second-order valence-electron chi connectivity index (χ2n) is 5.64. The summed E-state index contributed by atoms with van der Waals surface area (Å²) in [5, 5.41) is 5.42. The zero-order valence-corrected chi connectivity index (χ0v) is 13.0. The number of nitrogens with one attached hydrogen (secondary N) is 1. The van der Waals surface area contributed by atoms with Crippen molar-refractivity contribution in [3.63, 3.8) is 0 Å². The average Bonchev–Trinajstić information content (AvgIpc) is 2.86. The summed E-state index contributed by atoms with van der Waals surface area (Å²) in [7, 11) is 0. The fraction of sp³-hybridized carbons (Fsp3) is 0.235. The highest BCUT2D eigenvalue weighted by atomic mass is 35.5. The van der Waals surface area contributed by atoms with Crippen molar-refractivity contribution in [2.75, 3.05) is 13.1 Å². The van der Waals surface area contributed by atoms with Crippen molar-refractivity contribution >= 4 is 33.2 Å². The number of para-hydroxylation sites is 1. The zero-order chi connectivity index (χ0) is 14.3. The van der Waals surface area contributed by atoms with Crippen LogP contribution in [0.15, 0.2) is 48.5 Å². The summed E-state index contributed by atoms with van der Waals surface area (Å²) in [6.45, 7) is 2.01. The molecule has 2 heterocycles. The lowest BCUT2D eigenvalue weighted by molar-refractivity contribution is 0.274. The van der Waals surface area contributed by atoms with Crippen molar-refractivity contribution in [2.45, 2.75) is 11.8 Å². The molecule has 0 amide bonds. The van der Waals surface area contributed by atoms with Gasteiger partial charge in [0.25, 0.3) is 0 Å². The molecule has 0 atom stereocenters. The van der Waals surface area contributed by atoms with Gasteiger partial charge in [0.1, 0.15) is 0 Å². The number of benzene rings is 2. The third-order valence-corrected chi connectivity index (χ3v) is 5.50. The van der Waals surface area contributed by atoms with Crippen LogP contribution in [0.2, 0.25) is 5.02 Å². The molecule has 4 rings (SSSR count). The van der Waals surface area contributed by atoms with Gasteiger partial charge < -0.3 is 5.32 Å². The molecule has 1 saturated heterocycles. The Kier molecular flexibility index (Phi) is 3.21. The van der Waals surface area contributed by atoms with E-state index in [0.29, 0.717) is 0 Å². The van der Waals surface area contributed by atoms with Gasteiger partial charge in [-0.25, -0.2) is 4.98 Å². The van der Waals surface area contributed by atoms with Gasteiger partial charge >= 0.3 is 0 Å². The molecule has 1 aromatic heterocycles. The maximum absolute atomic E-state index is 6.01. The number of hydrogen-bond acceptors (Lipinski definition) is 3. The molecule has 2 nitrogen and oxygen atoms in total. The minimum atomic E-state index is 0.165. The molecule has 1 aliphatic heterocycles. The predicted octanol–water partition coefficient (Wildman–Crippen LogP) is 4.03. The van der Waals surface area contributed by atoms with Gasteiger partial charge in [-0.2, -0.15) is 0 Å². The van der Waals surface area contributed by atoms with Gasteiger partial charge in [-0.05, 0) is 29.8 Å². The fourth-order valence-electron chi connectivity index (χ4n) is 2.95. The summed E-state index contributed by atoms with van der Waals surface area (Å²) >= 11 is 7.82. The lowest BCUT2D eigenvalue weighted by Gasteiger charge is -2.43. The Balaban J connectivity index is 1.68. The highest BCUT2D eigenvalue weighted by Gasteiger charge is 2.39. The number of thiazole rings is 1. The number of rotatable bonds is 3. The normalized spacial score (nSPS) is 16.8. The third-order valence-electron chi connectivity index (χ3n) is 4.21. The molecule has 4 heteroatoms. The predicted molar refractivity (Wildman–Crippen MR) is 89.3 cm³/mol. The van der Waals surface area contributed by atoms with E-state index in [4.69, 9.17) is 16.6 Å². The number of halogens is 1. The first-order chi connectivity index (χ1) is 10.3. The fourth-order valence-corrected chi connectivity index (χ4v) is 4.18. The first-order valence-electron chi connectivity index (χ1n) is 7.06. The quantitative estimate of drug-likeness (QED) is 0.789. The maximum Gasteiger partial charge on any atom is 0.0948 e. The summed E-state index contributed by atoms with van der Waals surface area (Å²) in [5.41, 5.74) is 2.62. The maximum atomic E-state index is 6.01. The van der Waals surface area contributed by atoms with Gasteiger partial charge in [0, 0.05) is 29.9 Å². The van der Waals surface area contributed by atoms with Gasteiger partial charge in [0.15, 0.2) is 0 Å². The average molecular weight is 315 g/mol. The minimum Gasteiger partial charge on any atom is -0.315 e. The van der Waals surface area contributed by atoms with Crippen LogP contribution in [0.1, 0.15) is 10.6 Å². The van der Waals surface area contributed by atoms with Gasteiger partial charge in [-0.3, -0.25) is 0 Å². The van der Waals surface area contributed by atoms with Crippen molar-refractivity contribution in [1.29, 1.82) is 0 Å². The minimum absolute atomic E-state index is 0.165. The first-order valence-corrected chi connectivity index (χ1v) is 8.26. The topological polar surface area (TPSA) is 24.9 Å². The van der Waals surface area contributed by atoms with E-state index in [9.17, 15) is 0 Å². The Labute approximate surface area is 132 Å². The molecular formula is C17H15ClN2S. The Morgan fingerprint density at radius 2 is 1.86 bits per heavy atom. The molecule has 1 N–H and O–H groups in total. The molecule has 0 aliphatic carbocycles. The Morgan fingerprint density at radius 1 is 1.10 bits per heavy atom. The van der Waals surface area contributed by atoms with Crippen LogP contribution in [0.4, 0.5) is 0 Å². The molecule has 0 radical (unpaired) electrons. The lowest BCUT2D eigenvalue weighted by Crippen LogP contribution is -2.58. The molecule has 0 bridgehead atoms. The summed E-state index contributed by atoms with van der Waals surface area (Å²) in [5.74, 6) is 0. The molecule has 0 saturated carbocycles. The van der Waals surface area contributed by atoms with E-state index in [0.717, 1.165) is 30.0 Å². The molecule has 0 spiro atoms. The largest absolute Gasteiger partial charge is 0.315 e. The van der Waals surface area contributed by atoms with Crippen molar-refractivity contribution in [2.24, 2.45) is 0 Å². The van der Waals surface area contributed by atoms with Crippen molar-refractivity contribution in [3.8, 4) is 0 Å². The summed E-state index contributed by atoms with van der Waals surface area (Å²) < 4.78 is 1.27. The highest BCUT2D eigenvalue weighted by molar-refractivity contribution is 7.18.